The monoisotopic (exact) mass is 356 g/mol. The van der Waals surface area contributed by atoms with E-state index in [1.165, 1.54) is 12.1 Å². The standard InChI is InChI=1S/C21H25FN2O2/c1-21(2,3)16-6-4-15(5-7-16)20(25)23-18-14-17(22)8-9-19(18)24-10-12-26-13-11-24/h4-9,14H,10-13H2,1-3H3,(H,23,25). The summed E-state index contributed by atoms with van der Waals surface area (Å²) in [6.07, 6.45) is 0. The number of rotatable bonds is 3. The molecule has 1 saturated heterocycles. The summed E-state index contributed by atoms with van der Waals surface area (Å²) in [5, 5.41) is 2.86. The molecule has 2 aromatic rings. The van der Waals surface area contributed by atoms with Gasteiger partial charge < -0.3 is 15.0 Å². The van der Waals surface area contributed by atoms with Crippen molar-refractivity contribution in [3.05, 3.63) is 59.4 Å². The SMILES string of the molecule is CC(C)(C)c1ccc(C(=O)Nc2cc(F)ccc2N2CCOCC2)cc1. The summed E-state index contributed by atoms with van der Waals surface area (Å²) in [7, 11) is 0. The fourth-order valence-corrected chi connectivity index (χ4v) is 3.00. The number of anilines is 2. The van der Waals surface area contributed by atoms with E-state index in [4.69, 9.17) is 4.74 Å². The number of morpholine rings is 1. The van der Waals surface area contributed by atoms with E-state index in [1.807, 2.05) is 24.3 Å². The first-order valence-electron chi connectivity index (χ1n) is 8.89. The summed E-state index contributed by atoms with van der Waals surface area (Å²) in [4.78, 5) is 14.7. The van der Waals surface area contributed by atoms with Crippen molar-refractivity contribution in [1.29, 1.82) is 0 Å². The van der Waals surface area contributed by atoms with E-state index in [-0.39, 0.29) is 17.1 Å². The molecule has 0 radical (unpaired) electrons. The van der Waals surface area contributed by atoms with E-state index in [2.05, 4.69) is 31.0 Å². The zero-order valence-corrected chi connectivity index (χ0v) is 15.5. The Bertz CT molecular complexity index is 776. The van der Waals surface area contributed by atoms with E-state index in [0.29, 0.717) is 24.5 Å². The summed E-state index contributed by atoms with van der Waals surface area (Å²) in [5.41, 5.74) is 3.04. The summed E-state index contributed by atoms with van der Waals surface area (Å²) >= 11 is 0. The molecule has 0 spiro atoms. The van der Waals surface area contributed by atoms with E-state index < -0.39 is 0 Å². The number of carbonyl (C=O) groups excluding carboxylic acids is 1. The summed E-state index contributed by atoms with van der Waals surface area (Å²) < 4.78 is 19.1. The molecule has 3 rings (SSSR count). The minimum absolute atomic E-state index is 0.0288. The molecule has 1 heterocycles. The van der Waals surface area contributed by atoms with Gasteiger partial charge in [-0.2, -0.15) is 0 Å². The Morgan fingerprint density at radius 3 is 2.35 bits per heavy atom. The molecule has 0 atom stereocenters. The van der Waals surface area contributed by atoms with Gasteiger partial charge in [-0.25, -0.2) is 4.39 Å². The molecule has 1 N–H and O–H groups in total. The van der Waals surface area contributed by atoms with Gasteiger partial charge in [-0.05, 0) is 41.3 Å². The highest BCUT2D eigenvalue weighted by atomic mass is 19.1. The van der Waals surface area contributed by atoms with Crippen molar-refractivity contribution < 1.29 is 13.9 Å². The molecule has 1 amide bonds. The lowest BCUT2D eigenvalue weighted by atomic mass is 9.87. The Morgan fingerprint density at radius 1 is 1.08 bits per heavy atom. The smallest absolute Gasteiger partial charge is 0.255 e. The number of hydrogen-bond donors (Lipinski definition) is 1. The molecule has 2 aromatic carbocycles. The lowest BCUT2D eigenvalue weighted by Gasteiger charge is -2.30. The Kier molecular flexibility index (Phi) is 5.28. The number of benzene rings is 2. The van der Waals surface area contributed by atoms with Crippen molar-refractivity contribution in [2.24, 2.45) is 0 Å². The minimum Gasteiger partial charge on any atom is -0.378 e. The van der Waals surface area contributed by atoms with E-state index in [0.717, 1.165) is 24.3 Å². The van der Waals surface area contributed by atoms with Crippen LogP contribution >= 0.6 is 0 Å². The second kappa shape index (κ2) is 7.46. The van der Waals surface area contributed by atoms with Crippen LogP contribution in [-0.2, 0) is 10.2 Å². The Labute approximate surface area is 154 Å². The number of hydrogen-bond acceptors (Lipinski definition) is 3. The number of halogens is 1. The highest BCUT2D eigenvalue weighted by Gasteiger charge is 2.18. The normalized spacial score (nSPS) is 15.0. The van der Waals surface area contributed by atoms with Crippen LogP contribution < -0.4 is 10.2 Å². The second-order valence-corrected chi connectivity index (χ2v) is 7.54. The number of nitrogens with zero attached hydrogens (tertiary/aromatic N) is 1. The van der Waals surface area contributed by atoms with Crippen LogP contribution in [0.15, 0.2) is 42.5 Å². The van der Waals surface area contributed by atoms with Crippen LogP contribution in [-0.4, -0.2) is 32.2 Å². The van der Waals surface area contributed by atoms with Crippen LogP contribution in [0.1, 0.15) is 36.7 Å². The molecule has 138 valence electrons. The van der Waals surface area contributed by atoms with E-state index in [1.54, 1.807) is 6.07 Å². The predicted octanol–water partition coefficient (Wildman–Crippen LogP) is 4.21. The van der Waals surface area contributed by atoms with Crippen molar-refractivity contribution in [2.45, 2.75) is 26.2 Å². The number of ether oxygens (including phenoxy) is 1. The average Bonchev–Trinajstić information content (AvgIpc) is 2.62. The summed E-state index contributed by atoms with van der Waals surface area (Å²) in [6.45, 7) is 9.07. The molecule has 0 bridgehead atoms. The quantitative estimate of drug-likeness (QED) is 0.896. The van der Waals surface area contributed by atoms with Gasteiger partial charge in [0.05, 0.1) is 24.6 Å². The first-order chi connectivity index (χ1) is 12.3. The van der Waals surface area contributed by atoms with Gasteiger partial charge in [0.1, 0.15) is 5.82 Å². The minimum atomic E-state index is -0.375. The van der Waals surface area contributed by atoms with Crippen LogP contribution in [0.4, 0.5) is 15.8 Å². The zero-order chi connectivity index (χ0) is 18.7. The van der Waals surface area contributed by atoms with Crippen LogP contribution in [0, 0.1) is 5.82 Å². The van der Waals surface area contributed by atoms with Crippen LogP contribution in [0.3, 0.4) is 0 Å². The molecule has 0 aliphatic carbocycles. The maximum absolute atomic E-state index is 13.8. The maximum Gasteiger partial charge on any atom is 0.255 e. The van der Waals surface area contributed by atoms with Gasteiger partial charge in [-0.3, -0.25) is 4.79 Å². The number of nitrogens with one attached hydrogen (secondary N) is 1. The third-order valence-corrected chi connectivity index (χ3v) is 4.57. The van der Waals surface area contributed by atoms with Crippen molar-refractivity contribution in [3.63, 3.8) is 0 Å². The Hall–Kier alpha value is -2.40. The van der Waals surface area contributed by atoms with Gasteiger partial charge in [0.25, 0.3) is 5.91 Å². The predicted molar refractivity (Wildman–Crippen MR) is 103 cm³/mol. The van der Waals surface area contributed by atoms with Gasteiger partial charge in [0, 0.05) is 18.7 Å². The molecular formula is C21H25FN2O2. The number of amides is 1. The average molecular weight is 356 g/mol. The van der Waals surface area contributed by atoms with E-state index in [9.17, 15) is 9.18 Å². The largest absolute Gasteiger partial charge is 0.378 e. The molecule has 1 aliphatic heterocycles. The van der Waals surface area contributed by atoms with Crippen LogP contribution in [0.25, 0.3) is 0 Å². The maximum atomic E-state index is 13.8. The Morgan fingerprint density at radius 2 is 1.73 bits per heavy atom. The van der Waals surface area contributed by atoms with Crippen LogP contribution in [0.2, 0.25) is 0 Å². The van der Waals surface area contributed by atoms with Gasteiger partial charge in [0.15, 0.2) is 0 Å². The first-order valence-corrected chi connectivity index (χ1v) is 8.89. The molecular weight excluding hydrogens is 331 g/mol. The fraction of sp³-hybridized carbons (Fsp3) is 0.381. The fourth-order valence-electron chi connectivity index (χ4n) is 3.00. The van der Waals surface area contributed by atoms with Crippen molar-refractivity contribution in [3.8, 4) is 0 Å². The highest BCUT2D eigenvalue weighted by Crippen LogP contribution is 2.28. The highest BCUT2D eigenvalue weighted by molar-refractivity contribution is 6.06. The van der Waals surface area contributed by atoms with Gasteiger partial charge in [-0.15, -0.1) is 0 Å². The zero-order valence-electron chi connectivity index (χ0n) is 15.5. The molecule has 0 saturated carbocycles. The van der Waals surface area contributed by atoms with Gasteiger partial charge >= 0.3 is 0 Å². The lowest BCUT2D eigenvalue weighted by Crippen LogP contribution is -2.36. The van der Waals surface area contributed by atoms with Crippen molar-refractivity contribution in [1.82, 2.24) is 0 Å². The first kappa shape index (κ1) is 18.4. The third-order valence-electron chi connectivity index (χ3n) is 4.57. The molecule has 0 unspecified atom stereocenters. The van der Waals surface area contributed by atoms with E-state index >= 15 is 0 Å². The molecule has 5 heteroatoms. The molecule has 1 aliphatic rings. The van der Waals surface area contributed by atoms with Gasteiger partial charge in [-0.1, -0.05) is 32.9 Å². The molecule has 4 nitrogen and oxygen atoms in total. The summed E-state index contributed by atoms with van der Waals surface area (Å²) in [5.74, 6) is -0.619. The Balaban J connectivity index is 1.81. The topological polar surface area (TPSA) is 41.6 Å². The lowest BCUT2D eigenvalue weighted by molar-refractivity contribution is 0.102. The summed E-state index contributed by atoms with van der Waals surface area (Å²) in [6, 6.07) is 12.0. The van der Waals surface area contributed by atoms with Crippen molar-refractivity contribution in [2.75, 3.05) is 36.5 Å². The van der Waals surface area contributed by atoms with Crippen LogP contribution in [0.5, 0.6) is 0 Å². The van der Waals surface area contributed by atoms with Crippen molar-refractivity contribution >= 4 is 17.3 Å². The molecule has 1 fully saturated rings. The molecule has 0 aromatic heterocycles. The van der Waals surface area contributed by atoms with Gasteiger partial charge in [0.2, 0.25) is 0 Å². The second-order valence-electron chi connectivity index (χ2n) is 7.54. The third kappa shape index (κ3) is 4.22. The number of carbonyl (C=O) groups is 1. The molecule has 26 heavy (non-hydrogen) atoms.